The van der Waals surface area contributed by atoms with E-state index in [-0.39, 0.29) is 44.4 Å². The van der Waals surface area contributed by atoms with Gasteiger partial charge in [0.2, 0.25) is 0 Å². The highest BCUT2D eigenvalue weighted by molar-refractivity contribution is 5.81. The van der Waals surface area contributed by atoms with E-state index in [0.717, 1.165) is 30.0 Å². The molecule has 0 radical (unpaired) electrons. The third-order valence-electron chi connectivity index (χ3n) is 14.6. The van der Waals surface area contributed by atoms with Crippen LogP contribution in [-0.4, -0.2) is 175 Å². The van der Waals surface area contributed by atoms with Crippen molar-refractivity contribution in [2.45, 2.75) is 192 Å². The fourth-order valence-electron chi connectivity index (χ4n) is 11.0. The zero-order valence-corrected chi connectivity index (χ0v) is 43.7. The molecule has 16 atom stereocenters. The van der Waals surface area contributed by atoms with E-state index < -0.39 is 115 Å². The minimum atomic E-state index is -1.35. The number of hydrogen-bond donors (Lipinski definition) is 2. The van der Waals surface area contributed by atoms with E-state index in [0.29, 0.717) is 26.1 Å². The standard InChI is InChI=1S/C53H81N3O15/c1-12-42(60)68-41-28-44(62)65-32(4)21-25-56(24-16-17-36-20-23-54-39-19-15-14-18-38(36)39)30-40(59)31(3)27-37(22-26-57)46(50(41)64-11)51-48(63)47(55(9)10)49(33(5)67-51)70-45-29-53(8,71-35(7)58)52(34(6)66-45)69-43(61)13-2/h14-15,18-20,23,26,31-34,37,40-41,45-52,59,63H,12-13,16-17,21-22,24-25,27-30H2,1-11H3/t31-,32-,33-,34+,37+,40+,41-,45+,46+,47-,48-,49-,50-,51+,52+,53-/m1/s1. The van der Waals surface area contributed by atoms with Gasteiger partial charge in [-0.1, -0.05) is 39.0 Å². The van der Waals surface area contributed by atoms with Crippen LogP contribution in [0, 0.1) is 17.8 Å². The maximum Gasteiger partial charge on any atom is 0.309 e. The number of nitrogens with zero attached hydrogens (tertiary/aromatic N) is 3. The molecule has 4 heterocycles. The molecule has 3 fully saturated rings. The number of fused-ring (bicyclic) bond motifs is 1. The van der Waals surface area contributed by atoms with E-state index in [2.05, 4.69) is 16.0 Å². The predicted octanol–water partition coefficient (Wildman–Crippen LogP) is 4.98. The smallest absolute Gasteiger partial charge is 0.309 e. The summed E-state index contributed by atoms with van der Waals surface area (Å²) < 4.78 is 49.7. The second-order valence-corrected chi connectivity index (χ2v) is 20.3. The topological polar surface area (TPSA) is 219 Å². The number of likely N-dealkylation sites (N-methyl/N-ethyl adjacent to an activating group) is 1. The van der Waals surface area contributed by atoms with Gasteiger partial charge in [0.15, 0.2) is 18.0 Å². The van der Waals surface area contributed by atoms with Crippen molar-refractivity contribution in [1.82, 2.24) is 14.8 Å². The number of methoxy groups -OCH3 is 1. The maximum atomic E-state index is 13.9. The maximum absolute atomic E-state index is 13.9. The number of β-amino-alcohol motifs (C(OH)–C–C–N with tert-alkyl or cyclic N) is 1. The van der Waals surface area contributed by atoms with Gasteiger partial charge in [-0.25, -0.2) is 0 Å². The van der Waals surface area contributed by atoms with Crippen LogP contribution in [0.4, 0.5) is 0 Å². The van der Waals surface area contributed by atoms with Gasteiger partial charge in [-0.15, -0.1) is 0 Å². The number of aryl methyl sites for hydroxylation is 1. The summed E-state index contributed by atoms with van der Waals surface area (Å²) in [5.74, 6) is -4.22. The third kappa shape index (κ3) is 15.2. The van der Waals surface area contributed by atoms with E-state index >= 15 is 0 Å². The summed E-state index contributed by atoms with van der Waals surface area (Å²) in [5.41, 5.74) is 0.776. The molecule has 2 N–H and O–H groups in total. The number of pyridine rings is 1. The Labute approximate surface area is 419 Å². The highest BCUT2D eigenvalue weighted by Gasteiger charge is 2.56. The molecule has 71 heavy (non-hydrogen) atoms. The summed E-state index contributed by atoms with van der Waals surface area (Å²) in [4.78, 5) is 73.4. The molecule has 3 aliphatic rings. The summed E-state index contributed by atoms with van der Waals surface area (Å²) in [6.07, 6.45) is -5.94. The number of benzene rings is 1. The lowest BCUT2D eigenvalue weighted by molar-refractivity contribution is -0.319. The number of esters is 4. The molecule has 3 aliphatic heterocycles. The van der Waals surface area contributed by atoms with E-state index in [9.17, 15) is 34.2 Å². The third-order valence-corrected chi connectivity index (χ3v) is 14.6. The number of aromatic nitrogens is 1. The van der Waals surface area contributed by atoms with Gasteiger partial charge in [0.05, 0.1) is 48.5 Å². The minimum Gasteiger partial charge on any atom is -0.463 e. The molecule has 0 saturated carbocycles. The number of cyclic esters (lactones) is 1. The Morgan fingerprint density at radius 1 is 0.986 bits per heavy atom. The first-order valence-corrected chi connectivity index (χ1v) is 25.5. The van der Waals surface area contributed by atoms with Gasteiger partial charge in [-0.2, -0.15) is 0 Å². The summed E-state index contributed by atoms with van der Waals surface area (Å²) in [5, 5.41) is 25.9. The lowest BCUT2D eigenvalue weighted by atomic mass is 9.71. The molecular formula is C53H81N3O15. The second-order valence-electron chi connectivity index (χ2n) is 20.3. The molecule has 18 heteroatoms. The summed E-state index contributed by atoms with van der Waals surface area (Å²) in [7, 11) is 5.00. The molecule has 0 unspecified atom stereocenters. The molecule has 0 amide bonds. The quantitative estimate of drug-likeness (QED) is 0.129. The highest BCUT2D eigenvalue weighted by atomic mass is 16.7. The Morgan fingerprint density at radius 2 is 1.69 bits per heavy atom. The van der Waals surface area contributed by atoms with Crippen molar-refractivity contribution in [3.05, 3.63) is 42.1 Å². The van der Waals surface area contributed by atoms with E-state index in [1.807, 2.05) is 44.3 Å². The Bertz CT molecular complexity index is 2050. The number of carbonyl (C=O) groups excluding carboxylic acids is 5. The van der Waals surface area contributed by atoms with Gasteiger partial charge in [0.1, 0.15) is 30.7 Å². The molecule has 1 aromatic heterocycles. The van der Waals surface area contributed by atoms with Crippen molar-refractivity contribution in [2.75, 3.05) is 40.8 Å². The van der Waals surface area contributed by atoms with E-state index in [1.54, 1.807) is 53.6 Å². The van der Waals surface area contributed by atoms with Crippen LogP contribution in [0.25, 0.3) is 10.9 Å². The van der Waals surface area contributed by atoms with Gasteiger partial charge in [0.25, 0.3) is 0 Å². The van der Waals surface area contributed by atoms with Crippen molar-refractivity contribution >= 4 is 41.1 Å². The van der Waals surface area contributed by atoms with E-state index in [4.69, 9.17) is 37.9 Å². The Kier molecular flexibility index (Phi) is 21.7. The zero-order valence-electron chi connectivity index (χ0n) is 43.7. The first-order valence-electron chi connectivity index (χ1n) is 25.5. The van der Waals surface area contributed by atoms with Gasteiger partial charge >= 0.3 is 23.9 Å². The lowest BCUT2D eigenvalue weighted by Gasteiger charge is -2.53. The molecule has 5 rings (SSSR count). The molecule has 398 valence electrons. The number of rotatable bonds is 16. The average Bonchev–Trinajstić information content (AvgIpc) is 3.31. The Hall–Kier alpha value is -4.14. The number of aldehydes is 1. The molecule has 0 aliphatic carbocycles. The monoisotopic (exact) mass is 1000 g/mol. The van der Waals surface area contributed by atoms with Crippen molar-refractivity contribution in [3.8, 4) is 0 Å². The second kappa shape index (κ2) is 26.7. The number of aliphatic hydroxyl groups is 2. The van der Waals surface area contributed by atoms with Crippen LogP contribution in [0.1, 0.15) is 112 Å². The largest absolute Gasteiger partial charge is 0.463 e. The SMILES string of the molecule is CCC(=O)O[C@@H]1CC(=O)O[C@H](C)CCN(CCCc2ccnc3ccccc23)C[C@H](O)[C@H](C)C[C@H](CC=O)[C@H]([C@@H]2O[C@H](C)[C@@H](O[C@H]3C[C@@](C)(OC(C)=O)[C@@H](OC(=O)CC)[C@H](C)O3)[C@H](N(C)C)[C@H]2O)[C@@H]1OC. The van der Waals surface area contributed by atoms with Crippen molar-refractivity contribution in [3.63, 3.8) is 0 Å². The summed E-state index contributed by atoms with van der Waals surface area (Å²) in [6.45, 7) is 15.0. The highest BCUT2D eigenvalue weighted by Crippen LogP contribution is 2.43. The minimum absolute atomic E-state index is 0.00128. The van der Waals surface area contributed by atoms with Crippen LogP contribution in [0.5, 0.6) is 0 Å². The van der Waals surface area contributed by atoms with Crippen LogP contribution in [0.15, 0.2) is 36.5 Å². The van der Waals surface area contributed by atoms with E-state index in [1.165, 1.54) is 19.6 Å². The number of carbonyl (C=O) groups is 5. The molecule has 0 bridgehead atoms. The van der Waals surface area contributed by atoms with Crippen LogP contribution in [-0.2, 0) is 68.3 Å². The first kappa shape index (κ1) is 57.8. The van der Waals surface area contributed by atoms with Gasteiger partial charge < -0.3 is 62.7 Å². The first-order chi connectivity index (χ1) is 33.7. The summed E-state index contributed by atoms with van der Waals surface area (Å²) >= 11 is 0. The Morgan fingerprint density at radius 3 is 2.35 bits per heavy atom. The van der Waals surface area contributed by atoms with Crippen LogP contribution in [0.3, 0.4) is 0 Å². The summed E-state index contributed by atoms with van der Waals surface area (Å²) in [6, 6.07) is 9.27. The van der Waals surface area contributed by atoms with Crippen molar-refractivity contribution in [1.29, 1.82) is 0 Å². The number of hydrogen-bond acceptors (Lipinski definition) is 18. The molecule has 0 spiro atoms. The van der Waals surface area contributed by atoms with Crippen molar-refractivity contribution in [2.24, 2.45) is 17.8 Å². The lowest BCUT2D eigenvalue weighted by Crippen LogP contribution is -2.67. The van der Waals surface area contributed by atoms with Gasteiger partial charge in [0, 0.05) is 70.3 Å². The van der Waals surface area contributed by atoms with Crippen LogP contribution in [0.2, 0.25) is 0 Å². The molecule has 1 aromatic carbocycles. The number of para-hydroxylation sites is 1. The average molecular weight is 1000 g/mol. The molecule has 2 aromatic rings. The van der Waals surface area contributed by atoms with Gasteiger partial charge in [-0.05, 0) is 104 Å². The zero-order chi connectivity index (χ0) is 52.2. The normalized spacial score (nSPS) is 34.9. The fourth-order valence-corrected chi connectivity index (χ4v) is 11.0. The fraction of sp³-hybridized carbons (Fsp3) is 0.736. The number of aliphatic hydroxyl groups excluding tert-OH is 2. The Balaban J connectivity index is 1.48. The van der Waals surface area contributed by atoms with Crippen LogP contribution < -0.4 is 0 Å². The molecule has 18 nitrogen and oxygen atoms in total. The molecular weight excluding hydrogens is 919 g/mol. The van der Waals surface area contributed by atoms with Gasteiger partial charge in [-0.3, -0.25) is 24.2 Å². The van der Waals surface area contributed by atoms with Crippen LogP contribution >= 0.6 is 0 Å². The predicted molar refractivity (Wildman–Crippen MR) is 262 cm³/mol. The number of ether oxygens (including phenoxy) is 8. The molecule has 3 saturated heterocycles. The van der Waals surface area contributed by atoms with Crippen molar-refractivity contribution < 1.29 is 72.1 Å².